The number of rotatable bonds is 2. The summed E-state index contributed by atoms with van der Waals surface area (Å²) in [7, 11) is 0. The van der Waals surface area contributed by atoms with Gasteiger partial charge < -0.3 is 9.69 Å². The van der Waals surface area contributed by atoms with Gasteiger partial charge in [0.25, 0.3) is 0 Å². The molecule has 86 valence electrons. The van der Waals surface area contributed by atoms with Crippen molar-refractivity contribution in [3.05, 3.63) is 30.1 Å². The molecule has 0 bridgehead atoms. The Labute approximate surface area is 95.1 Å². The van der Waals surface area contributed by atoms with Crippen LogP contribution in [0.25, 0.3) is 0 Å². The average molecular weight is 221 g/mol. The predicted molar refractivity (Wildman–Crippen MR) is 62.1 cm³/mol. The molecule has 0 radical (unpaired) electrons. The molecule has 0 aliphatic carbocycles. The molecule has 1 aromatic rings. The third-order valence-corrected chi connectivity index (χ3v) is 3.11. The van der Waals surface area contributed by atoms with Gasteiger partial charge in [-0.3, -0.25) is 0 Å². The summed E-state index contributed by atoms with van der Waals surface area (Å²) in [6.45, 7) is 0.884. The second kappa shape index (κ2) is 5.10. The van der Waals surface area contributed by atoms with Crippen molar-refractivity contribution in [2.75, 3.05) is 11.4 Å². The Hall–Kier alpha value is -1.38. The minimum absolute atomic E-state index is 0.0482. The van der Waals surface area contributed by atoms with Crippen molar-refractivity contribution in [2.24, 2.45) is 0 Å². The van der Waals surface area contributed by atoms with E-state index in [0.717, 1.165) is 37.8 Å². The van der Waals surface area contributed by atoms with Gasteiger partial charge in [0.1, 0.15) is 12.1 Å². The summed E-state index contributed by atoms with van der Waals surface area (Å²) in [6.07, 6.45) is 5.28. The van der Waals surface area contributed by atoms with Gasteiger partial charge >= 0.3 is 0 Å². The van der Waals surface area contributed by atoms with Crippen LogP contribution in [-0.4, -0.2) is 18.9 Å². The summed E-state index contributed by atoms with van der Waals surface area (Å²) < 4.78 is 12.8. The Kier molecular flexibility index (Phi) is 3.54. The Bertz CT molecular complexity index is 349. The van der Waals surface area contributed by atoms with Gasteiger partial charge in [-0.25, -0.2) is 4.39 Å². The summed E-state index contributed by atoms with van der Waals surface area (Å²) in [5, 5.41) is 0. The fourth-order valence-corrected chi connectivity index (χ4v) is 2.23. The summed E-state index contributed by atoms with van der Waals surface area (Å²) in [5.41, 5.74) is 0.945. The topological polar surface area (TPSA) is 20.3 Å². The van der Waals surface area contributed by atoms with Crippen LogP contribution < -0.4 is 4.90 Å². The van der Waals surface area contributed by atoms with Gasteiger partial charge in [-0.05, 0) is 37.1 Å². The lowest BCUT2D eigenvalue weighted by molar-refractivity contribution is -0.109. The molecule has 1 saturated heterocycles. The zero-order valence-electron chi connectivity index (χ0n) is 9.23. The maximum atomic E-state index is 12.8. The van der Waals surface area contributed by atoms with Crippen LogP contribution in [0.2, 0.25) is 0 Å². The SMILES string of the molecule is O=CC1CCCCCN1c1ccc(F)cc1. The van der Waals surface area contributed by atoms with Crippen LogP contribution in [0.1, 0.15) is 25.7 Å². The third kappa shape index (κ3) is 2.40. The highest BCUT2D eigenvalue weighted by molar-refractivity contribution is 5.66. The van der Waals surface area contributed by atoms with Crippen molar-refractivity contribution in [2.45, 2.75) is 31.7 Å². The molecule has 1 aromatic carbocycles. The van der Waals surface area contributed by atoms with E-state index in [1.165, 1.54) is 18.6 Å². The molecule has 16 heavy (non-hydrogen) atoms. The van der Waals surface area contributed by atoms with Crippen molar-refractivity contribution in [1.82, 2.24) is 0 Å². The zero-order valence-corrected chi connectivity index (χ0v) is 9.23. The molecule has 0 saturated carbocycles. The molecule has 1 unspecified atom stereocenters. The molecule has 1 fully saturated rings. The second-order valence-electron chi connectivity index (χ2n) is 4.22. The van der Waals surface area contributed by atoms with Crippen molar-refractivity contribution in [1.29, 1.82) is 0 Å². The van der Waals surface area contributed by atoms with Gasteiger partial charge in [-0.2, -0.15) is 0 Å². The molecular formula is C13H16FNO. The van der Waals surface area contributed by atoms with E-state index in [2.05, 4.69) is 4.90 Å². The van der Waals surface area contributed by atoms with E-state index in [4.69, 9.17) is 0 Å². The highest BCUT2D eigenvalue weighted by atomic mass is 19.1. The summed E-state index contributed by atoms with van der Waals surface area (Å²) in [5.74, 6) is -0.235. The molecule has 1 aliphatic rings. The molecule has 0 spiro atoms. The summed E-state index contributed by atoms with van der Waals surface area (Å²) >= 11 is 0. The first-order valence-electron chi connectivity index (χ1n) is 5.79. The van der Waals surface area contributed by atoms with Gasteiger partial charge in [0.05, 0.1) is 6.04 Å². The van der Waals surface area contributed by atoms with Crippen LogP contribution in [0.3, 0.4) is 0 Å². The molecule has 1 atom stereocenters. The van der Waals surface area contributed by atoms with Crippen molar-refractivity contribution >= 4 is 12.0 Å². The molecule has 2 nitrogen and oxygen atoms in total. The fraction of sp³-hybridized carbons (Fsp3) is 0.462. The Balaban J connectivity index is 2.21. The number of anilines is 1. The van der Waals surface area contributed by atoms with Crippen LogP contribution in [0.5, 0.6) is 0 Å². The van der Waals surface area contributed by atoms with Gasteiger partial charge in [0.2, 0.25) is 0 Å². The minimum Gasteiger partial charge on any atom is -0.362 e. The standard InChI is InChI=1S/C13H16FNO/c14-11-5-7-12(8-6-11)15-9-3-1-2-4-13(15)10-16/h5-8,10,13H,1-4,9H2. The molecule has 0 aromatic heterocycles. The lowest BCUT2D eigenvalue weighted by Gasteiger charge is -2.28. The van der Waals surface area contributed by atoms with Gasteiger partial charge in [-0.15, -0.1) is 0 Å². The van der Waals surface area contributed by atoms with Crippen LogP contribution in [-0.2, 0) is 4.79 Å². The van der Waals surface area contributed by atoms with Gasteiger partial charge in [-0.1, -0.05) is 12.8 Å². The highest BCUT2D eigenvalue weighted by Gasteiger charge is 2.20. The maximum absolute atomic E-state index is 12.8. The Morgan fingerprint density at radius 1 is 1.19 bits per heavy atom. The summed E-state index contributed by atoms with van der Waals surface area (Å²) in [4.78, 5) is 13.1. The quantitative estimate of drug-likeness (QED) is 0.716. The smallest absolute Gasteiger partial charge is 0.142 e. The normalized spacial score (nSPS) is 21.6. The number of hydrogen-bond acceptors (Lipinski definition) is 2. The highest BCUT2D eigenvalue weighted by Crippen LogP contribution is 2.23. The zero-order chi connectivity index (χ0) is 11.4. The first-order chi connectivity index (χ1) is 7.81. The lowest BCUT2D eigenvalue weighted by Crippen LogP contribution is -2.35. The number of benzene rings is 1. The van der Waals surface area contributed by atoms with E-state index in [0.29, 0.717) is 0 Å². The van der Waals surface area contributed by atoms with Crippen molar-refractivity contribution in [3.63, 3.8) is 0 Å². The van der Waals surface area contributed by atoms with E-state index >= 15 is 0 Å². The molecule has 1 aliphatic heterocycles. The third-order valence-electron chi connectivity index (χ3n) is 3.11. The van der Waals surface area contributed by atoms with Crippen LogP contribution in [0.4, 0.5) is 10.1 Å². The summed E-state index contributed by atoms with van der Waals surface area (Å²) in [6, 6.07) is 6.34. The number of halogens is 1. The van der Waals surface area contributed by atoms with E-state index in [9.17, 15) is 9.18 Å². The predicted octanol–water partition coefficient (Wildman–Crippen LogP) is 2.77. The maximum Gasteiger partial charge on any atom is 0.142 e. The van der Waals surface area contributed by atoms with E-state index in [1.807, 2.05) is 0 Å². The number of aldehydes is 1. The largest absolute Gasteiger partial charge is 0.362 e. The first kappa shape index (κ1) is 11.1. The minimum atomic E-state index is -0.235. The first-order valence-corrected chi connectivity index (χ1v) is 5.79. The molecule has 1 heterocycles. The van der Waals surface area contributed by atoms with E-state index < -0.39 is 0 Å². The number of nitrogens with zero attached hydrogens (tertiary/aromatic N) is 1. The van der Waals surface area contributed by atoms with E-state index in [1.54, 1.807) is 12.1 Å². The van der Waals surface area contributed by atoms with Crippen LogP contribution >= 0.6 is 0 Å². The number of carbonyl (C=O) groups is 1. The molecule has 3 heteroatoms. The molecule has 0 amide bonds. The Morgan fingerprint density at radius 2 is 1.94 bits per heavy atom. The van der Waals surface area contributed by atoms with Crippen LogP contribution in [0.15, 0.2) is 24.3 Å². The number of carbonyl (C=O) groups excluding carboxylic acids is 1. The van der Waals surface area contributed by atoms with Gasteiger partial charge in [0.15, 0.2) is 0 Å². The molecular weight excluding hydrogens is 205 g/mol. The Morgan fingerprint density at radius 3 is 2.62 bits per heavy atom. The molecule has 2 rings (SSSR count). The van der Waals surface area contributed by atoms with Crippen molar-refractivity contribution in [3.8, 4) is 0 Å². The van der Waals surface area contributed by atoms with Crippen molar-refractivity contribution < 1.29 is 9.18 Å². The monoisotopic (exact) mass is 221 g/mol. The lowest BCUT2D eigenvalue weighted by atomic mass is 10.1. The number of hydrogen-bond donors (Lipinski definition) is 0. The van der Waals surface area contributed by atoms with Gasteiger partial charge in [0, 0.05) is 12.2 Å². The fourth-order valence-electron chi connectivity index (χ4n) is 2.23. The van der Waals surface area contributed by atoms with Crippen LogP contribution in [0, 0.1) is 5.82 Å². The second-order valence-corrected chi connectivity index (χ2v) is 4.22. The van der Waals surface area contributed by atoms with E-state index in [-0.39, 0.29) is 11.9 Å². The molecule has 0 N–H and O–H groups in total. The average Bonchev–Trinajstić information content (AvgIpc) is 2.55.